The number of halogens is 1. The maximum Gasteiger partial charge on any atom is 0.251 e. The van der Waals surface area contributed by atoms with Crippen molar-refractivity contribution in [1.82, 2.24) is 10.6 Å². The summed E-state index contributed by atoms with van der Waals surface area (Å²) in [6.45, 7) is 1.03. The van der Waals surface area contributed by atoms with Gasteiger partial charge in [-0.3, -0.25) is 14.6 Å². The van der Waals surface area contributed by atoms with Crippen molar-refractivity contribution in [1.29, 1.82) is 0 Å². The summed E-state index contributed by atoms with van der Waals surface area (Å²) in [5.41, 5.74) is 0.519. The molecule has 20 heavy (non-hydrogen) atoms. The third-order valence-corrected chi connectivity index (χ3v) is 3.72. The van der Waals surface area contributed by atoms with Crippen LogP contribution in [0.4, 0.5) is 0 Å². The lowest BCUT2D eigenvalue weighted by atomic mass is 10.2. The largest absolute Gasteiger partial charge is 0.352 e. The Morgan fingerprint density at radius 1 is 1.30 bits per heavy atom. The SMILES string of the molecule is O=C(CCNC(=O)c1ccc(Cl)cc1)NC1=NCCS1. The lowest BCUT2D eigenvalue weighted by Crippen LogP contribution is -2.32. The first kappa shape index (κ1) is 14.9. The van der Waals surface area contributed by atoms with Gasteiger partial charge in [-0.15, -0.1) is 0 Å². The fourth-order valence-corrected chi connectivity index (χ4v) is 2.46. The van der Waals surface area contributed by atoms with Gasteiger partial charge in [-0.1, -0.05) is 23.4 Å². The molecule has 0 radical (unpaired) electrons. The van der Waals surface area contributed by atoms with Crippen LogP contribution in [-0.2, 0) is 4.79 Å². The maximum absolute atomic E-state index is 11.8. The lowest BCUT2D eigenvalue weighted by Gasteiger charge is -2.06. The maximum atomic E-state index is 11.8. The minimum Gasteiger partial charge on any atom is -0.352 e. The van der Waals surface area contributed by atoms with Crippen molar-refractivity contribution in [3.05, 3.63) is 34.9 Å². The Bertz CT molecular complexity index is 531. The summed E-state index contributed by atoms with van der Waals surface area (Å²) in [4.78, 5) is 27.5. The minimum absolute atomic E-state index is 0.144. The molecule has 1 aromatic carbocycles. The fourth-order valence-electron chi connectivity index (χ4n) is 1.59. The summed E-state index contributed by atoms with van der Waals surface area (Å²) in [7, 11) is 0. The Morgan fingerprint density at radius 3 is 2.70 bits per heavy atom. The molecule has 1 aliphatic heterocycles. The van der Waals surface area contributed by atoms with E-state index < -0.39 is 0 Å². The van der Waals surface area contributed by atoms with Crippen LogP contribution >= 0.6 is 23.4 Å². The first-order valence-corrected chi connectivity index (χ1v) is 7.52. The molecule has 5 nitrogen and oxygen atoms in total. The number of carbonyl (C=O) groups is 2. The molecule has 0 saturated carbocycles. The standard InChI is InChI=1S/C13H14ClN3O2S/c14-10-3-1-9(2-4-10)12(19)15-6-5-11(18)17-13-16-7-8-20-13/h1-4H,5-8H2,(H,15,19)(H,16,17,18). The Kier molecular flexibility index (Phi) is 5.43. The molecule has 0 unspecified atom stereocenters. The molecule has 0 fully saturated rings. The zero-order valence-corrected chi connectivity index (χ0v) is 12.3. The molecule has 106 valence electrons. The molecule has 7 heteroatoms. The number of nitrogens with zero attached hydrogens (tertiary/aromatic N) is 1. The van der Waals surface area contributed by atoms with Gasteiger partial charge in [0.15, 0.2) is 5.17 Å². The topological polar surface area (TPSA) is 70.6 Å². The highest BCUT2D eigenvalue weighted by molar-refractivity contribution is 8.14. The van der Waals surface area contributed by atoms with Crippen LogP contribution in [0.1, 0.15) is 16.8 Å². The Hall–Kier alpha value is -1.53. The van der Waals surface area contributed by atoms with Crippen LogP contribution in [0.5, 0.6) is 0 Å². The second kappa shape index (κ2) is 7.31. The molecule has 0 saturated heterocycles. The Morgan fingerprint density at radius 2 is 2.05 bits per heavy atom. The molecule has 1 aliphatic rings. The third-order valence-electron chi connectivity index (χ3n) is 2.58. The lowest BCUT2D eigenvalue weighted by molar-refractivity contribution is -0.119. The van der Waals surface area contributed by atoms with Gasteiger partial charge < -0.3 is 10.6 Å². The highest BCUT2D eigenvalue weighted by atomic mass is 35.5. The third kappa shape index (κ3) is 4.54. The smallest absolute Gasteiger partial charge is 0.251 e. The van der Waals surface area contributed by atoms with Crippen molar-refractivity contribution in [2.45, 2.75) is 6.42 Å². The minimum atomic E-state index is -0.220. The summed E-state index contributed by atoms with van der Waals surface area (Å²) < 4.78 is 0. The van der Waals surface area contributed by atoms with Gasteiger partial charge in [0, 0.05) is 29.3 Å². The summed E-state index contributed by atoms with van der Waals surface area (Å²) in [6, 6.07) is 6.58. The molecule has 0 spiro atoms. The monoisotopic (exact) mass is 311 g/mol. The van der Waals surface area contributed by atoms with E-state index in [1.807, 2.05) is 0 Å². The van der Waals surface area contributed by atoms with Crippen LogP contribution in [0.2, 0.25) is 5.02 Å². The number of benzene rings is 1. The number of carbonyl (C=O) groups excluding carboxylic acids is 2. The number of aliphatic imine (C=N–C) groups is 1. The fraction of sp³-hybridized carbons (Fsp3) is 0.308. The number of hydrogen-bond donors (Lipinski definition) is 2. The van der Waals surface area contributed by atoms with E-state index in [1.54, 1.807) is 24.3 Å². The van der Waals surface area contributed by atoms with E-state index in [4.69, 9.17) is 11.6 Å². The van der Waals surface area contributed by atoms with Gasteiger partial charge in [0.2, 0.25) is 5.91 Å². The van der Waals surface area contributed by atoms with Gasteiger partial charge in [0.05, 0.1) is 6.54 Å². The molecule has 0 aromatic heterocycles. The molecule has 2 amide bonds. The molecule has 0 atom stereocenters. The zero-order valence-electron chi connectivity index (χ0n) is 10.7. The molecular formula is C13H14ClN3O2S. The van der Waals surface area contributed by atoms with Crippen LogP contribution in [0, 0.1) is 0 Å². The van der Waals surface area contributed by atoms with Gasteiger partial charge in [-0.05, 0) is 24.3 Å². The van der Waals surface area contributed by atoms with E-state index in [-0.39, 0.29) is 24.8 Å². The van der Waals surface area contributed by atoms with Crippen LogP contribution in [-0.4, -0.2) is 35.8 Å². The summed E-state index contributed by atoms with van der Waals surface area (Å²) >= 11 is 7.27. The van der Waals surface area contributed by atoms with Crippen molar-refractivity contribution in [2.75, 3.05) is 18.8 Å². The van der Waals surface area contributed by atoms with Gasteiger partial charge >= 0.3 is 0 Å². The number of amides is 2. The highest BCUT2D eigenvalue weighted by Gasteiger charge is 2.11. The van der Waals surface area contributed by atoms with Crippen molar-refractivity contribution in [2.24, 2.45) is 4.99 Å². The van der Waals surface area contributed by atoms with Gasteiger partial charge in [0.1, 0.15) is 0 Å². The highest BCUT2D eigenvalue weighted by Crippen LogP contribution is 2.10. The van der Waals surface area contributed by atoms with E-state index in [0.29, 0.717) is 15.8 Å². The van der Waals surface area contributed by atoms with E-state index in [2.05, 4.69) is 15.6 Å². The molecule has 1 aromatic rings. The van der Waals surface area contributed by atoms with E-state index in [0.717, 1.165) is 12.3 Å². The quantitative estimate of drug-likeness (QED) is 0.889. The van der Waals surface area contributed by atoms with Crippen molar-refractivity contribution in [3.63, 3.8) is 0 Å². The van der Waals surface area contributed by atoms with Crippen LogP contribution < -0.4 is 10.6 Å². The normalized spacial score (nSPS) is 13.8. The Balaban J connectivity index is 1.71. The number of nitrogens with one attached hydrogen (secondary N) is 2. The summed E-state index contributed by atoms with van der Waals surface area (Å²) in [5, 5.41) is 6.63. The molecule has 0 aliphatic carbocycles. The van der Waals surface area contributed by atoms with E-state index in [1.165, 1.54) is 11.8 Å². The second-order valence-corrected chi connectivity index (χ2v) is 5.62. The molecule has 2 rings (SSSR count). The number of amidine groups is 1. The van der Waals surface area contributed by atoms with E-state index in [9.17, 15) is 9.59 Å². The second-order valence-electron chi connectivity index (χ2n) is 4.10. The van der Waals surface area contributed by atoms with Crippen molar-refractivity contribution in [3.8, 4) is 0 Å². The van der Waals surface area contributed by atoms with E-state index >= 15 is 0 Å². The summed E-state index contributed by atoms with van der Waals surface area (Å²) in [6.07, 6.45) is 0.221. The van der Waals surface area contributed by atoms with Crippen molar-refractivity contribution < 1.29 is 9.59 Å². The van der Waals surface area contributed by atoms with Gasteiger partial charge in [-0.25, -0.2) is 0 Å². The zero-order chi connectivity index (χ0) is 14.4. The Labute approximate surface area is 126 Å². The average molecular weight is 312 g/mol. The molecular weight excluding hydrogens is 298 g/mol. The average Bonchev–Trinajstić information content (AvgIpc) is 2.92. The predicted octanol–water partition coefficient (Wildman–Crippen LogP) is 1.68. The molecule has 0 bridgehead atoms. The summed E-state index contributed by atoms with van der Waals surface area (Å²) in [5.74, 6) is 0.541. The van der Waals surface area contributed by atoms with Crippen molar-refractivity contribution >= 4 is 40.3 Å². The first-order chi connectivity index (χ1) is 9.65. The number of thioether (sulfide) groups is 1. The van der Waals surface area contributed by atoms with Crippen LogP contribution in [0.15, 0.2) is 29.3 Å². The molecule has 2 N–H and O–H groups in total. The van der Waals surface area contributed by atoms with Gasteiger partial charge in [0.25, 0.3) is 5.91 Å². The number of rotatable bonds is 4. The first-order valence-electron chi connectivity index (χ1n) is 6.16. The number of hydrogen-bond acceptors (Lipinski definition) is 4. The predicted molar refractivity (Wildman–Crippen MR) is 81.3 cm³/mol. The van der Waals surface area contributed by atoms with Gasteiger partial charge in [-0.2, -0.15) is 0 Å². The van der Waals surface area contributed by atoms with Crippen LogP contribution in [0.25, 0.3) is 0 Å². The molecule has 1 heterocycles. The van der Waals surface area contributed by atoms with Crippen LogP contribution in [0.3, 0.4) is 0 Å².